The fraction of sp³-hybridized carbons (Fsp3) is 0.192. The Balaban J connectivity index is 0.000000359. The zero-order valence-corrected chi connectivity index (χ0v) is 32.1. The number of nitrogens with zero attached hydrogens (tertiary/aromatic N) is 1. The maximum absolute atomic E-state index is 11.9. The largest absolute Gasteiger partial charge is 0.507 e. The van der Waals surface area contributed by atoms with E-state index in [4.69, 9.17) is 0 Å². The van der Waals surface area contributed by atoms with Crippen LogP contribution in [0.15, 0.2) is 141 Å². The molecule has 0 atom stereocenters. The highest BCUT2D eigenvalue weighted by Gasteiger charge is 2.27. The Bertz CT molecular complexity index is 2600. The Hall–Kier alpha value is -5.86. The lowest BCUT2D eigenvalue weighted by Crippen LogP contribution is -2.14. The lowest BCUT2D eigenvalue weighted by Gasteiger charge is -2.31. The van der Waals surface area contributed by atoms with E-state index in [-0.39, 0.29) is 18.3 Å². The summed E-state index contributed by atoms with van der Waals surface area (Å²) in [6.07, 6.45) is 3.69. The Morgan fingerprint density at radius 3 is 1.76 bits per heavy atom. The molecule has 54 heavy (non-hydrogen) atoms. The van der Waals surface area contributed by atoms with Gasteiger partial charge in [-0.05, 0) is 104 Å². The number of aryl methyl sites for hydroxylation is 1. The molecule has 2 nitrogen and oxygen atoms in total. The summed E-state index contributed by atoms with van der Waals surface area (Å²) in [5.74, 6) is 0.372. The average molecular weight is 708 g/mol. The number of rotatable bonds is 5. The topological polar surface area (TPSA) is 23.5 Å². The molecule has 0 aliphatic rings. The van der Waals surface area contributed by atoms with Crippen LogP contribution in [0, 0.1) is 6.92 Å². The molecule has 0 aliphatic carbocycles. The molecule has 0 amide bonds. The lowest BCUT2D eigenvalue weighted by molar-refractivity contribution is 0.453. The van der Waals surface area contributed by atoms with Crippen LogP contribution in [0.5, 0.6) is 5.75 Å². The van der Waals surface area contributed by atoms with Crippen molar-refractivity contribution in [2.24, 2.45) is 0 Å². The van der Waals surface area contributed by atoms with Crippen molar-refractivity contribution in [3.8, 4) is 5.75 Å². The van der Waals surface area contributed by atoms with Crippen molar-refractivity contribution >= 4 is 72.3 Å². The molecule has 0 aliphatic heterocycles. The van der Waals surface area contributed by atoms with Gasteiger partial charge in [0.15, 0.2) is 0 Å². The number of hydrogen-bond donors (Lipinski definition) is 1. The zero-order valence-electron chi connectivity index (χ0n) is 32.1. The van der Waals surface area contributed by atoms with Gasteiger partial charge in [-0.1, -0.05) is 159 Å². The van der Waals surface area contributed by atoms with Crippen molar-refractivity contribution in [3.63, 3.8) is 0 Å². The van der Waals surface area contributed by atoms with Gasteiger partial charge in [0.1, 0.15) is 5.75 Å². The predicted molar refractivity (Wildman–Crippen MR) is 239 cm³/mol. The number of anilines is 3. The van der Waals surface area contributed by atoms with Crippen molar-refractivity contribution in [1.82, 2.24) is 0 Å². The molecule has 0 fully saturated rings. The maximum atomic E-state index is 11.9. The summed E-state index contributed by atoms with van der Waals surface area (Å²) < 4.78 is 0. The average Bonchev–Trinajstić information content (AvgIpc) is 3.14. The maximum Gasteiger partial charge on any atom is 0.127 e. The van der Waals surface area contributed by atoms with Crippen LogP contribution in [0.4, 0.5) is 17.1 Å². The Morgan fingerprint density at radius 2 is 1.13 bits per heavy atom. The molecule has 0 radical (unpaired) electrons. The van der Waals surface area contributed by atoms with E-state index in [1.165, 1.54) is 38.1 Å². The molecule has 0 spiro atoms. The van der Waals surface area contributed by atoms with Crippen LogP contribution in [0.25, 0.3) is 55.2 Å². The van der Waals surface area contributed by atoms with Gasteiger partial charge in [0.05, 0.1) is 11.4 Å². The molecule has 0 aromatic heterocycles. The van der Waals surface area contributed by atoms with Crippen LogP contribution in [-0.2, 0) is 10.8 Å². The quantitative estimate of drug-likeness (QED) is 0.180. The van der Waals surface area contributed by atoms with Gasteiger partial charge in [-0.25, -0.2) is 0 Å². The van der Waals surface area contributed by atoms with Crippen LogP contribution < -0.4 is 4.90 Å². The summed E-state index contributed by atoms with van der Waals surface area (Å²) in [4.78, 5) is 2.38. The van der Waals surface area contributed by atoms with Crippen LogP contribution in [0.1, 0.15) is 76.8 Å². The number of benzene rings is 8. The van der Waals surface area contributed by atoms with Gasteiger partial charge < -0.3 is 10.0 Å². The second-order valence-electron chi connectivity index (χ2n) is 16.3. The van der Waals surface area contributed by atoms with E-state index in [1.54, 1.807) is 0 Å². The second kappa shape index (κ2) is 14.5. The summed E-state index contributed by atoms with van der Waals surface area (Å²) in [5.41, 5.74) is 8.83. The smallest absolute Gasteiger partial charge is 0.127 e. The summed E-state index contributed by atoms with van der Waals surface area (Å²) in [6.45, 7) is 22.8. The van der Waals surface area contributed by atoms with Crippen LogP contribution in [-0.4, -0.2) is 5.11 Å². The molecule has 0 saturated heterocycles. The van der Waals surface area contributed by atoms with Crippen molar-refractivity contribution in [2.45, 2.75) is 66.7 Å². The normalized spacial score (nSPS) is 11.7. The summed E-state index contributed by atoms with van der Waals surface area (Å²) in [7, 11) is 0. The molecule has 0 unspecified atom stereocenters. The van der Waals surface area contributed by atoms with Crippen molar-refractivity contribution in [1.29, 1.82) is 0 Å². The summed E-state index contributed by atoms with van der Waals surface area (Å²) in [5, 5.41) is 21.1. The molecule has 0 saturated carbocycles. The summed E-state index contributed by atoms with van der Waals surface area (Å²) in [6, 6.07) is 45.6. The molecule has 0 heterocycles. The van der Waals surface area contributed by atoms with E-state index in [0.29, 0.717) is 5.75 Å². The van der Waals surface area contributed by atoms with Gasteiger partial charge in [-0.2, -0.15) is 0 Å². The number of para-hydroxylation sites is 1. The third-order valence-electron chi connectivity index (χ3n) is 10.3. The van der Waals surface area contributed by atoms with Gasteiger partial charge in [-0.3, -0.25) is 0 Å². The highest BCUT2D eigenvalue weighted by atomic mass is 16.3. The SMILES string of the molecule is C.C=Cc1cc(C)cc(C=C)c1.CC(C)(C)c1cc2ccc3cc(C(C)(C)C)c(O)c4cc(N(c5ccccc5)c5cccc6ccccc56)c(c1)c2c34. The monoisotopic (exact) mass is 707 g/mol. The number of phenols is 1. The number of phenolic OH excluding ortho intramolecular Hbond substituents is 1. The minimum atomic E-state index is -0.206. The lowest BCUT2D eigenvalue weighted by atomic mass is 9.80. The highest BCUT2D eigenvalue weighted by molar-refractivity contribution is 6.28. The molecular weight excluding hydrogens is 655 g/mol. The minimum absolute atomic E-state index is 0. The first-order chi connectivity index (χ1) is 25.3. The molecule has 8 aromatic carbocycles. The van der Waals surface area contributed by atoms with E-state index >= 15 is 0 Å². The van der Waals surface area contributed by atoms with E-state index < -0.39 is 0 Å². The van der Waals surface area contributed by atoms with Crippen molar-refractivity contribution < 1.29 is 5.11 Å². The van der Waals surface area contributed by atoms with E-state index in [1.807, 2.05) is 12.2 Å². The molecule has 8 aromatic rings. The molecule has 0 bridgehead atoms. The Labute approximate surface area is 322 Å². The molecule has 8 rings (SSSR count). The second-order valence-corrected chi connectivity index (χ2v) is 16.3. The van der Waals surface area contributed by atoms with Gasteiger partial charge in [-0.15, -0.1) is 0 Å². The Morgan fingerprint density at radius 1 is 0.537 bits per heavy atom. The third kappa shape index (κ3) is 6.97. The van der Waals surface area contributed by atoms with Gasteiger partial charge in [0.25, 0.3) is 0 Å². The first kappa shape index (κ1) is 37.9. The van der Waals surface area contributed by atoms with Crippen molar-refractivity contribution in [3.05, 3.63) is 168 Å². The van der Waals surface area contributed by atoms with Crippen LogP contribution >= 0.6 is 0 Å². The van der Waals surface area contributed by atoms with Gasteiger partial charge in [0.2, 0.25) is 0 Å². The highest BCUT2D eigenvalue weighted by Crippen LogP contribution is 2.50. The summed E-state index contributed by atoms with van der Waals surface area (Å²) >= 11 is 0. The number of hydrogen-bond acceptors (Lipinski definition) is 2. The van der Waals surface area contributed by atoms with E-state index in [9.17, 15) is 5.11 Å². The Kier molecular flexibility index (Phi) is 10.2. The zero-order chi connectivity index (χ0) is 37.7. The molecular formula is C52H53NO. The van der Waals surface area contributed by atoms with E-state index in [0.717, 1.165) is 49.9 Å². The first-order valence-corrected chi connectivity index (χ1v) is 18.5. The fourth-order valence-corrected chi connectivity index (χ4v) is 7.59. The van der Waals surface area contributed by atoms with Gasteiger partial charge in [0, 0.05) is 32.8 Å². The number of fused-ring (bicyclic) bond motifs is 1. The first-order valence-electron chi connectivity index (χ1n) is 18.5. The number of aromatic hydroxyl groups is 1. The van der Waals surface area contributed by atoms with Gasteiger partial charge >= 0.3 is 0 Å². The van der Waals surface area contributed by atoms with Crippen LogP contribution in [0.3, 0.4) is 0 Å². The predicted octanol–water partition coefficient (Wildman–Crippen LogP) is 15.4. The molecule has 272 valence electrons. The van der Waals surface area contributed by atoms with E-state index in [2.05, 4.69) is 194 Å². The van der Waals surface area contributed by atoms with Crippen LogP contribution in [0.2, 0.25) is 0 Å². The van der Waals surface area contributed by atoms with Crippen molar-refractivity contribution in [2.75, 3.05) is 4.90 Å². The standard InChI is InChI=1S/C40H37NO.C11H12.CH4/c1-39(2,3)28-21-26-19-20-27-22-33(40(4,5)6)38(42)32-24-35(31(23-28)36(26)37(27)32)41(29-15-8-7-9-16-29)34-18-12-14-25-13-10-11-17-30(25)34;1-4-10-6-9(3)7-11(5-2)8-10;/h7-24,42H,1-6H3;4-8H,1-2H2,3H3;1H4. The third-order valence-corrected chi connectivity index (χ3v) is 10.3. The minimum Gasteiger partial charge on any atom is -0.507 e. The molecule has 2 heteroatoms. The fourth-order valence-electron chi connectivity index (χ4n) is 7.59. The molecule has 1 N–H and O–H groups in total.